The predicted octanol–water partition coefficient (Wildman–Crippen LogP) is -2.40. The number of carbonyl (C=O) groups excluding carboxylic acids is 4. The van der Waals surface area contributed by atoms with Gasteiger partial charge in [0.1, 0.15) is 6.61 Å². The fourth-order valence-corrected chi connectivity index (χ4v) is 3.90. The van der Waals surface area contributed by atoms with Gasteiger partial charge >= 0.3 is 0 Å². The summed E-state index contributed by atoms with van der Waals surface area (Å²) in [6.45, 7) is -3.36. The second-order valence-electron chi connectivity index (χ2n) is 9.33. The number of hydrogen-bond acceptors (Lipinski definition) is 12. The normalized spacial score (nSPS) is 11.4. The van der Waals surface area contributed by atoms with Gasteiger partial charge in [0.25, 0.3) is 0 Å². The molecule has 16 heteroatoms. The van der Waals surface area contributed by atoms with E-state index in [0.717, 1.165) is 14.7 Å². The van der Waals surface area contributed by atoms with Crippen molar-refractivity contribution in [3.63, 3.8) is 0 Å². The third-order valence-corrected chi connectivity index (χ3v) is 6.17. The highest BCUT2D eigenvalue weighted by atomic mass is 16.5. The van der Waals surface area contributed by atoms with Gasteiger partial charge in [-0.05, 0) is 24.6 Å². The van der Waals surface area contributed by atoms with E-state index in [2.05, 4.69) is 9.97 Å². The number of nitrogens with zero attached hydrogens (tertiary/aromatic N) is 5. The van der Waals surface area contributed by atoms with Gasteiger partial charge in [0, 0.05) is 31.8 Å². The minimum atomic E-state index is -0.790. The van der Waals surface area contributed by atoms with Crippen molar-refractivity contribution in [1.29, 1.82) is 0 Å². The molecule has 0 aliphatic rings. The number of aliphatic hydroxyl groups is 3. The zero-order valence-corrected chi connectivity index (χ0v) is 23.7. The van der Waals surface area contributed by atoms with E-state index in [1.54, 1.807) is 36.5 Å². The smallest absolute Gasteiger partial charge is 0.242 e. The first kappa shape index (κ1) is 35.0. The lowest BCUT2D eigenvalue weighted by molar-refractivity contribution is -0.145. The Labute approximate surface area is 248 Å². The average molecular weight is 606 g/mol. The largest absolute Gasteiger partial charge is 0.476 e. The van der Waals surface area contributed by atoms with Gasteiger partial charge in [-0.3, -0.25) is 24.2 Å². The summed E-state index contributed by atoms with van der Waals surface area (Å²) in [4.78, 5) is 62.3. The van der Waals surface area contributed by atoms with Crippen LogP contribution in [-0.2, 0) is 19.2 Å². The first-order chi connectivity index (χ1) is 20.7. The molecule has 1 atom stereocenters. The minimum absolute atomic E-state index is 0.0536. The van der Waals surface area contributed by atoms with E-state index in [9.17, 15) is 29.4 Å². The van der Waals surface area contributed by atoms with Crippen molar-refractivity contribution in [1.82, 2.24) is 30.1 Å². The zero-order chi connectivity index (χ0) is 31.6. The highest BCUT2D eigenvalue weighted by molar-refractivity contribution is 5.90. The SMILES string of the molecule is NC(=O)CN(CCOc1cccc(-c2ccccn2)n1)C(=O)CN(CCO)C(=O)CN(CCO)C(=O)CCC(CO)NO. The van der Waals surface area contributed by atoms with Gasteiger partial charge in [-0.15, -0.1) is 0 Å². The Balaban J connectivity index is 2.03. The molecule has 43 heavy (non-hydrogen) atoms. The maximum Gasteiger partial charge on any atom is 0.242 e. The molecule has 0 spiro atoms. The Kier molecular flexibility index (Phi) is 15.5. The Bertz CT molecular complexity index is 1170. The second kappa shape index (κ2) is 19.1. The number of rotatable bonds is 20. The summed E-state index contributed by atoms with van der Waals surface area (Å²) >= 11 is 0. The molecule has 0 fully saturated rings. The zero-order valence-electron chi connectivity index (χ0n) is 23.7. The van der Waals surface area contributed by atoms with Gasteiger partial charge in [0.05, 0.1) is 63.4 Å². The second-order valence-corrected chi connectivity index (χ2v) is 9.33. The van der Waals surface area contributed by atoms with Crippen LogP contribution in [0.1, 0.15) is 12.8 Å². The third kappa shape index (κ3) is 12.3. The van der Waals surface area contributed by atoms with E-state index in [-0.39, 0.29) is 45.0 Å². The van der Waals surface area contributed by atoms with E-state index in [1.165, 1.54) is 0 Å². The molecular formula is C27H39N7O9. The monoisotopic (exact) mass is 605 g/mol. The fourth-order valence-electron chi connectivity index (χ4n) is 3.90. The van der Waals surface area contributed by atoms with Crippen molar-refractivity contribution in [2.75, 3.05) is 65.7 Å². The molecule has 4 amide bonds. The number of nitrogens with one attached hydrogen (secondary N) is 1. The first-order valence-electron chi connectivity index (χ1n) is 13.6. The van der Waals surface area contributed by atoms with E-state index < -0.39 is 69.1 Å². The molecule has 2 aromatic heterocycles. The number of aromatic nitrogens is 2. The maximum absolute atomic E-state index is 13.1. The quantitative estimate of drug-likeness (QED) is 0.0867. The molecule has 0 aliphatic carbocycles. The molecule has 7 N–H and O–H groups in total. The third-order valence-electron chi connectivity index (χ3n) is 6.17. The van der Waals surface area contributed by atoms with Crippen LogP contribution in [0.5, 0.6) is 5.88 Å². The average Bonchev–Trinajstić information content (AvgIpc) is 3.00. The Morgan fingerprint density at radius 1 is 0.837 bits per heavy atom. The van der Waals surface area contributed by atoms with Gasteiger partial charge in [-0.1, -0.05) is 12.1 Å². The predicted molar refractivity (Wildman–Crippen MR) is 151 cm³/mol. The molecule has 2 rings (SSSR count). The van der Waals surface area contributed by atoms with Crippen molar-refractivity contribution in [2.45, 2.75) is 18.9 Å². The van der Waals surface area contributed by atoms with E-state index in [0.29, 0.717) is 11.4 Å². The molecule has 0 saturated heterocycles. The number of hydroxylamine groups is 1. The highest BCUT2D eigenvalue weighted by Crippen LogP contribution is 2.17. The standard InChI is InChI=1S/C27H39N7O9/c28-23(38)16-34(12-15-43-24-6-3-5-22(30-24)21-4-1-2-9-29-21)27(41)18-33(11-14-36)26(40)17-32(10-13-35)25(39)8-7-20(19-37)31-42/h1-6,9,20,31,35-37,42H,7-8,10-19H2,(H2,28,38). The highest BCUT2D eigenvalue weighted by Gasteiger charge is 2.25. The number of carbonyl (C=O) groups is 4. The summed E-state index contributed by atoms with van der Waals surface area (Å²) < 4.78 is 5.68. The van der Waals surface area contributed by atoms with Crippen LogP contribution in [0.25, 0.3) is 11.4 Å². The molecule has 2 heterocycles. The Morgan fingerprint density at radius 3 is 2.02 bits per heavy atom. The molecule has 0 saturated carbocycles. The van der Waals surface area contributed by atoms with Gasteiger partial charge in [-0.25, -0.2) is 10.5 Å². The molecule has 0 aliphatic heterocycles. The lowest BCUT2D eigenvalue weighted by Crippen LogP contribution is -2.50. The Hall–Kier alpha value is -4.22. The summed E-state index contributed by atoms with van der Waals surface area (Å²) in [6, 6.07) is 9.76. The molecular weight excluding hydrogens is 566 g/mol. The molecule has 1 unspecified atom stereocenters. The maximum atomic E-state index is 13.1. The van der Waals surface area contributed by atoms with Crippen LogP contribution in [0.4, 0.5) is 0 Å². The summed E-state index contributed by atoms with van der Waals surface area (Å²) in [5.41, 5.74) is 8.42. The summed E-state index contributed by atoms with van der Waals surface area (Å²) in [5.74, 6) is -2.39. The fraction of sp³-hybridized carbons (Fsp3) is 0.481. The van der Waals surface area contributed by atoms with Crippen LogP contribution in [0.3, 0.4) is 0 Å². The van der Waals surface area contributed by atoms with Gasteiger partial charge in [-0.2, -0.15) is 0 Å². The topological polar surface area (TPSA) is 232 Å². The van der Waals surface area contributed by atoms with E-state index in [4.69, 9.17) is 20.8 Å². The molecule has 2 aromatic rings. The molecule has 0 bridgehead atoms. The van der Waals surface area contributed by atoms with Crippen molar-refractivity contribution in [3.8, 4) is 17.3 Å². The van der Waals surface area contributed by atoms with Crippen molar-refractivity contribution in [3.05, 3.63) is 42.6 Å². The number of ether oxygens (including phenoxy) is 1. The molecule has 16 nitrogen and oxygen atoms in total. The van der Waals surface area contributed by atoms with Crippen molar-refractivity contribution in [2.24, 2.45) is 5.73 Å². The Morgan fingerprint density at radius 2 is 1.47 bits per heavy atom. The van der Waals surface area contributed by atoms with Crippen LogP contribution in [0.15, 0.2) is 42.6 Å². The molecule has 236 valence electrons. The lowest BCUT2D eigenvalue weighted by atomic mass is 10.1. The van der Waals surface area contributed by atoms with Gasteiger partial charge in [0.15, 0.2) is 0 Å². The molecule has 0 aromatic carbocycles. The first-order valence-corrected chi connectivity index (χ1v) is 13.6. The van der Waals surface area contributed by atoms with E-state index in [1.807, 2.05) is 11.5 Å². The van der Waals surface area contributed by atoms with E-state index >= 15 is 0 Å². The van der Waals surface area contributed by atoms with Crippen LogP contribution in [0.2, 0.25) is 0 Å². The van der Waals surface area contributed by atoms with Crippen LogP contribution >= 0.6 is 0 Å². The number of nitrogens with two attached hydrogens (primary N) is 1. The molecule has 0 radical (unpaired) electrons. The summed E-state index contributed by atoms with van der Waals surface area (Å²) in [6.07, 6.45) is 1.56. The minimum Gasteiger partial charge on any atom is -0.476 e. The van der Waals surface area contributed by atoms with Crippen molar-refractivity contribution < 1.29 is 44.4 Å². The van der Waals surface area contributed by atoms with Gasteiger partial charge < -0.3 is 45.7 Å². The van der Waals surface area contributed by atoms with Crippen LogP contribution in [0, 0.1) is 0 Å². The number of aliphatic hydroxyl groups excluding tert-OH is 3. The van der Waals surface area contributed by atoms with Crippen LogP contribution in [-0.4, -0.2) is 141 Å². The van der Waals surface area contributed by atoms with Crippen molar-refractivity contribution >= 4 is 23.6 Å². The van der Waals surface area contributed by atoms with Gasteiger partial charge in [0.2, 0.25) is 29.5 Å². The number of pyridine rings is 2. The number of hydrogen-bond donors (Lipinski definition) is 6. The summed E-state index contributed by atoms with van der Waals surface area (Å²) in [5, 5.41) is 37.0. The number of primary amides is 1. The lowest BCUT2D eigenvalue weighted by Gasteiger charge is -2.29. The van der Waals surface area contributed by atoms with Crippen LogP contribution < -0.4 is 16.0 Å². The number of amides is 4. The summed E-state index contributed by atoms with van der Waals surface area (Å²) in [7, 11) is 0.